The number of rotatable bonds is 1. The summed E-state index contributed by atoms with van der Waals surface area (Å²) in [5.41, 5.74) is 8.28. The Kier molecular flexibility index (Phi) is 1.69. The minimum atomic E-state index is 0.671. The highest BCUT2D eigenvalue weighted by atomic mass is 32.1. The van der Waals surface area contributed by atoms with Crippen molar-refractivity contribution in [2.24, 2.45) is 0 Å². The van der Waals surface area contributed by atoms with E-state index in [1.165, 1.54) is 0 Å². The lowest BCUT2D eigenvalue weighted by atomic mass is 10.4. The lowest BCUT2D eigenvalue weighted by molar-refractivity contribution is 1.10. The minimum absolute atomic E-state index is 0.671. The number of aromatic nitrogens is 2. The number of pyridine rings is 1. The first-order valence-corrected chi connectivity index (χ1v) is 4.27. The van der Waals surface area contributed by atoms with E-state index < -0.39 is 0 Å². The number of hydrogen-bond donors (Lipinski definition) is 2. The molecule has 0 fully saturated rings. The molecule has 0 amide bonds. The summed E-state index contributed by atoms with van der Waals surface area (Å²) in [6.07, 6.45) is 3.73. The fourth-order valence-corrected chi connectivity index (χ4v) is 1.43. The van der Waals surface area contributed by atoms with Crippen LogP contribution in [0.4, 0.5) is 5.69 Å². The van der Waals surface area contributed by atoms with Crippen LogP contribution < -0.4 is 5.73 Å². The third-order valence-corrected chi connectivity index (χ3v) is 2.13. The van der Waals surface area contributed by atoms with Gasteiger partial charge in [-0.15, -0.1) is 0 Å². The molecule has 0 aliphatic heterocycles. The van der Waals surface area contributed by atoms with Gasteiger partial charge in [-0.25, -0.2) is 4.98 Å². The monoisotopic (exact) mass is 179 g/mol. The Balaban J connectivity index is 2.80. The van der Waals surface area contributed by atoms with E-state index in [0.29, 0.717) is 11.4 Å². The number of nitrogens with zero attached hydrogens (tertiary/aromatic N) is 2. The molecule has 0 bridgehead atoms. The quantitative estimate of drug-likeness (QED) is 0.649. The molecule has 2 N–H and O–H groups in total. The Morgan fingerprint density at radius 3 is 3.17 bits per heavy atom. The Morgan fingerprint density at radius 1 is 1.58 bits per heavy atom. The summed E-state index contributed by atoms with van der Waals surface area (Å²) in [7, 11) is 0. The van der Waals surface area contributed by atoms with Gasteiger partial charge in [-0.05, 0) is 12.1 Å². The molecule has 0 atom stereocenters. The van der Waals surface area contributed by atoms with Crippen LogP contribution >= 0.6 is 12.6 Å². The van der Waals surface area contributed by atoms with Crippen molar-refractivity contribution in [2.75, 3.05) is 5.73 Å². The van der Waals surface area contributed by atoms with Gasteiger partial charge >= 0.3 is 0 Å². The SMILES string of the molecule is Nc1cccn2c(CS)cnc12. The first-order chi connectivity index (χ1) is 5.83. The van der Waals surface area contributed by atoms with Crippen LogP contribution in [0.5, 0.6) is 0 Å². The van der Waals surface area contributed by atoms with Gasteiger partial charge < -0.3 is 10.1 Å². The lowest BCUT2D eigenvalue weighted by Crippen LogP contribution is -1.93. The number of hydrogen-bond acceptors (Lipinski definition) is 3. The van der Waals surface area contributed by atoms with Crippen molar-refractivity contribution >= 4 is 24.0 Å². The molecule has 2 rings (SSSR count). The van der Waals surface area contributed by atoms with Crippen molar-refractivity contribution in [1.82, 2.24) is 9.38 Å². The van der Waals surface area contributed by atoms with Crippen LogP contribution in [0.3, 0.4) is 0 Å². The third kappa shape index (κ3) is 0.956. The van der Waals surface area contributed by atoms with Crippen molar-refractivity contribution in [3.8, 4) is 0 Å². The highest BCUT2D eigenvalue weighted by Gasteiger charge is 2.02. The van der Waals surface area contributed by atoms with E-state index in [-0.39, 0.29) is 0 Å². The average molecular weight is 179 g/mol. The van der Waals surface area contributed by atoms with Gasteiger partial charge in [-0.2, -0.15) is 12.6 Å². The largest absolute Gasteiger partial charge is 0.396 e. The molecule has 0 saturated carbocycles. The summed E-state index contributed by atoms with van der Waals surface area (Å²) in [6, 6.07) is 3.74. The van der Waals surface area contributed by atoms with Crippen molar-refractivity contribution in [3.63, 3.8) is 0 Å². The van der Waals surface area contributed by atoms with Crippen molar-refractivity contribution in [1.29, 1.82) is 0 Å². The predicted octanol–water partition coefficient (Wildman–Crippen LogP) is 1.35. The van der Waals surface area contributed by atoms with E-state index in [1.54, 1.807) is 6.20 Å². The van der Waals surface area contributed by atoms with Gasteiger partial charge in [0.25, 0.3) is 0 Å². The van der Waals surface area contributed by atoms with Gasteiger partial charge in [0.05, 0.1) is 17.6 Å². The molecule has 62 valence electrons. The summed E-state index contributed by atoms with van der Waals surface area (Å²) in [5, 5.41) is 0. The molecule has 0 aromatic carbocycles. The van der Waals surface area contributed by atoms with Crippen LogP contribution in [-0.4, -0.2) is 9.38 Å². The Labute approximate surface area is 75.6 Å². The van der Waals surface area contributed by atoms with E-state index in [4.69, 9.17) is 5.73 Å². The summed E-state index contributed by atoms with van der Waals surface area (Å²) in [4.78, 5) is 4.18. The van der Waals surface area contributed by atoms with Crippen LogP contribution in [0, 0.1) is 0 Å². The van der Waals surface area contributed by atoms with Crippen LogP contribution in [-0.2, 0) is 5.75 Å². The average Bonchev–Trinajstić information content (AvgIpc) is 2.49. The lowest BCUT2D eigenvalue weighted by Gasteiger charge is -1.98. The summed E-state index contributed by atoms with van der Waals surface area (Å²) >= 11 is 4.18. The zero-order valence-electron chi connectivity index (χ0n) is 6.44. The van der Waals surface area contributed by atoms with Crippen LogP contribution in [0.15, 0.2) is 24.5 Å². The van der Waals surface area contributed by atoms with Crippen LogP contribution in [0.2, 0.25) is 0 Å². The van der Waals surface area contributed by atoms with E-state index in [9.17, 15) is 0 Å². The van der Waals surface area contributed by atoms with Gasteiger partial charge in [-0.3, -0.25) is 0 Å². The van der Waals surface area contributed by atoms with Gasteiger partial charge in [0, 0.05) is 11.9 Å². The Bertz CT molecular complexity index is 408. The molecule has 12 heavy (non-hydrogen) atoms. The molecule has 0 spiro atoms. The highest BCUT2D eigenvalue weighted by molar-refractivity contribution is 7.79. The molecule has 0 aliphatic rings. The van der Waals surface area contributed by atoms with E-state index in [0.717, 1.165) is 11.3 Å². The standard InChI is InChI=1S/C8H9N3S/c9-7-2-1-3-11-6(5-12)4-10-8(7)11/h1-4,12H,5,9H2. The van der Waals surface area contributed by atoms with Crippen molar-refractivity contribution in [3.05, 3.63) is 30.2 Å². The van der Waals surface area contributed by atoms with Gasteiger partial charge in [0.15, 0.2) is 5.65 Å². The Hall–Kier alpha value is -1.16. The molecule has 4 heteroatoms. The van der Waals surface area contributed by atoms with E-state index >= 15 is 0 Å². The number of thiol groups is 1. The number of anilines is 1. The molecule has 2 aromatic heterocycles. The second kappa shape index (κ2) is 2.71. The van der Waals surface area contributed by atoms with Crippen LogP contribution in [0.25, 0.3) is 5.65 Å². The second-order valence-corrected chi connectivity index (χ2v) is 2.88. The predicted molar refractivity (Wildman–Crippen MR) is 52.3 cm³/mol. The molecule has 2 heterocycles. The van der Waals surface area contributed by atoms with Crippen LogP contribution in [0.1, 0.15) is 5.69 Å². The normalized spacial score (nSPS) is 10.8. The molecule has 0 saturated heterocycles. The fourth-order valence-electron chi connectivity index (χ4n) is 1.20. The Morgan fingerprint density at radius 2 is 2.42 bits per heavy atom. The van der Waals surface area contributed by atoms with Crippen molar-refractivity contribution < 1.29 is 0 Å². The smallest absolute Gasteiger partial charge is 0.160 e. The minimum Gasteiger partial charge on any atom is -0.396 e. The van der Waals surface area contributed by atoms with E-state index in [2.05, 4.69) is 17.6 Å². The number of imidazole rings is 1. The first-order valence-electron chi connectivity index (χ1n) is 3.64. The molecular formula is C8H9N3S. The molecule has 0 unspecified atom stereocenters. The fraction of sp³-hybridized carbons (Fsp3) is 0.125. The topological polar surface area (TPSA) is 43.3 Å². The molecule has 3 nitrogen and oxygen atoms in total. The summed E-state index contributed by atoms with van der Waals surface area (Å²) in [6.45, 7) is 0. The molecule has 2 aromatic rings. The zero-order chi connectivity index (χ0) is 8.55. The number of fused-ring (bicyclic) bond motifs is 1. The van der Waals surface area contributed by atoms with Crippen molar-refractivity contribution in [2.45, 2.75) is 5.75 Å². The van der Waals surface area contributed by atoms with E-state index in [1.807, 2.05) is 22.7 Å². The zero-order valence-corrected chi connectivity index (χ0v) is 7.33. The maximum absolute atomic E-state index is 5.72. The van der Waals surface area contributed by atoms with Gasteiger partial charge in [0.2, 0.25) is 0 Å². The second-order valence-electron chi connectivity index (χ2n) is 2.56. The van der Waals surface area contributed by atoms with Gasteiger partial charge in [0.1, 0.15) is 0 Å². The number of nitrogens with two attached hydrogens (primary N) is 1. The third-order valence-electron chi connectivity index (χ3n) is 1.80. The maximum Gasteiger partial charge on any atom is 0.160 e. The maximum atomic E-state index is 5.72. The van der Waals surface area contributed by atoms with Gasteiger partial charge in [-0.1, -0.05) is 0 Å². The molecule has 0 aliphatic carbocycles. The number of nitrogen functional groups attached to an aromatic ring is 1. The molecular weight excluding hydrogens is 170 g/mol. The first kappa shape index (κ1) is 7.49. The summed E-state index contributed by atoms with van der Waals surface area (Å²) < 4.78 is 1.95. The molecule has 0 radical (unpaired) electrons. The summed E-state index contributed by atoms with van der Waals surface area (Å²) in [5.74, 6) is 0.671. The highest BCUT2D eigenvalue weighted by Crippen LogP contribution is 2.14.